The van der Waals surface area contributed by atoms with Gasteiger partial charge in [-0.3, -0.25) is 4.79 Å². The van der Waals surface area contributed by atoms with E-state index in [9.17, 15) is 4.79 Å². The molecule has 1 heterocycles. The van der Waals surface area contributed by atoms with Crippen LogP contribution in [0.25, 0.3) is 0 Å². The first-order valence-corrected chi connectivity index (χ1v) is 7.26. The summed E-state index contributed by atoms with van der Waals surface area (Å²) >= 11 is 0. The zero-order valence-corrected chi connectivity index (χ0v) is 12.5. The predicted molar refractivity (Wildman–Crippen MR) is 78.5 cm³/mol. The molecule has 1 aromatic carbocycles. The molecule has 20 heavy (non-hydrogen) atoms. The number of amides is 1. The van der Waals surface area contributed by atoms with E-state index < -0.39 is 0 Å². The monoisotopic (exact) mass is 277 g/mol. The van der Waals surface area contributed by atoms with E-state index >= 15 is 0 Å². The highest BCUT2D eigenvalue weighted by atomic mass is 16.5. The molecule has 1 fully saturated rings. The molecule has 1 amide bonds. The number of ether oxygens (including phenoxy) is 2. The molecule has 0 aromatic heterocycles. The lowest BCUT2D eigenvalue weighted by molar-refractivity contribution is 0.0717. The molecule has 1 aliphatic rings. The Bertz CT molecular complexity index is 465. The van der Waals surface area contributed by atoms with Crippen molar-refractivity contribution in [1.29, 1.82) is 0 Å². The zero-order chi connectivity index (χ0) is 14.5. The number of carbonyl (C=O) groups excluding carboxylic acids is 1. The van der Waals surface area contributed by atoms with Gasteiger partial charge in [-0.2, -0.15) is 0 Å². The summed E-state index contributed by atoms with van der Waals surface area (Å²) < 4.78 is 11.1. The van der Waals surface area contributed by atoms with Crippen LogP contribution >= 0.6 is 0 Å². The van der Waals surface area contributed by atoms with E-state index in [-0.39, 0.29) is 12.0 Å². The van der Waals surface area contributed by atoms with Crippen molar-refractivity contribution in [3.8, 4) is 11.5 Å². The molecule has 0 spiro atoms. The summed E-state index contributed by atoms with van der Waals surface area (Å²) in [5.41, 5.74) is 0.597. The first-order valence-electron chi connectivity index (χ1n) is 7.26. The van der Waals surface area contributed by atoms with Crippen LogP contribution in [0.4, 0.5) is 0 Å². The van der Waals surface area contributed by atoms with Crippen LogP contribution in [-0.4, -0.2) is 37.1 Å². The van der Waals surface area contributed by atoms with Crippen molar-refractivity contribution in [2.45, 2.75) is 39.2 Å². The van der Waals surface area contributed by atoms with Crippen molar-refractivity contribution < 1.29 is 14.3 Å². The fraction of sp³-hybridized carbons (Fsp3) is 0.562. The Kier molecular flexibility index (Phi) is 4.88. The van der Waals surface area contributed by atoms with Crippen LogP contribution in [0.5, 0.6) is 11.5 Å². The molecule has 1 aromatic rings. The lowest BCUT2D eigenvalue weighted by Crippen LogP contribution is -2.36. The second-order valence-corrected chi connectivity index (χ2v) is 5.36. The van der Waals surface area contributed by atoms with E-state index in [2.05, 4.69) is 0 Å². The van der Waals surface area contributed by atoms with Gasteiger partial charge in [0, 0.05) is 13.1 Å². The lowest BCUT2D eigenvalue weighted by Gasteiger charge is -2.28. The Hall–Kier alpha value is -1.71. The smallest absolute Gasteiger partial charge is 0.257 e. The van der Waals surface area contributed by atoms with Crippen LogP contribution in [0.2, 0.25) is 0 Å². The summed E-state index contributed by atoms with van der Waals surface area (Å²) in [6, 6.07) is 5.48. The number of piperidine rings is 1. The molecule has 0 aliphatic carbocycles. The van der Waals surface area contributed by atoms with Crippen LogP contribution in [0.15, 0.2) is 18.2 Å². The molecule has 110 valence electrons. The Morgan fingerprint density at radius 3 is 2.50 bits per heavy atom. The quantitative estimate of drug-likeness (QED) is 0.849. The third-order valence-electron chi connectivity index (χ3n) is 3.43. The van der Waals surface area contributed by atoms with Crippen LogP contribution in [0.1, 0.15) is 43.5 Å². The average molecular weight is 277 g/mol. The van der Waals surface area contributed by atoms with Gasteiger partial charge in [0.1, 0.15) is 0 Å². The molecule has 4 nitrogen and oxygen atoms in total. The Labute approximate surface area is 120 Å². The fourth-order valence-corrected chi connectivity index (χ4v) is 2.47. The van der Waals surface area contributed by atoms with E-state index in [1.165, 1.54) is 6.42 Å². The van der Waals surface area contributed by atoms with E-state index in [4.69, 9.17) is 9.47 Å². The number of hydrogen-bond donors (Lipinski definition) is 0. The van der Waals surface area contributed by atoms with Crippen LogP contribution in [0.3, 0.4) is 0 Å². The normalized spacial score (nSPS) is 15.3. The van der Waals surface area contributed by atoms with E-state index in [0.717, 1.165) is 25.9 Å². The maximum absolute atomic E-state index is 12.7. The minimum absolute atomic E-state index is 0.000735. The van der Waals surface area contributed by atoms with Crippen LogP contribution in [-0.2, 0) is 0 Å². The van der Waals surface area contributed by atoms with E-state index in [0.29, 0.717) is 17.1 Å². The second kappa shape index (κ2) is 6.64. The van der Waals surface area contributed by atoms with Crippen molar-refractivity contribution >= 4 is 5.91 Å². The van der Waals surface area contributed by atoms with Crippen LogP contribution in [0, 0.1) is 0 Å². The van der Waals surface area contributed by atoms with Crippen LogP contribution < -0.4 is 9.47 Å². The van der Waals surface area contributed by atoms with Crippen molar-refractivity contribution in [3.63, 3.8) is 0 Å². The van der Waals surface area contributed by atoms with Gasteiger partial charge in [-0.15, -0.1) is 0 Å². The summed E-state index contributed by atoms with van der Waals surface area (Å²) in [6.45, 7) is 5.55. The molecule has 2 rings (SSSR count). The first-order chi connectivity index (χ1) is 9.63. The Morgan fingerprint density at radius 1 is 1.20 bits per heavy atom. The number of likely N-dealkylation sites (tertiary alicyclic amines) is 1. The molecule has 1 saturated heterocycles. The largest absolute Gasteiger partial charge is 0.493 e. The van der Waals surface area contributed by atoms with E-state index in [1.807, 2.05) is 36.9 Å². The highest BCUT2D eigenvalue weighted by molar-refractivity contribution is 5.97. The number of para-hydroxylation sites is 1. The SMILES string of the molecule is COc1cccc(C(=O)N2CCCCC2)c1OC(C)C. The molecule has 1 aliphatic heterocycles. The maximum atomic E-state index is 12.7. The molecule has 0 radical (unpaired) electrons. The van der Waals surface area contributed by atoms with Gasteiger partial charge in [0.05, 0.1) is 18.8 Å². The third-order valence-corrected chi connectivity index (χ3v) is 3.43. The Morgan fingerprint density at radius 2 is 1.90 bits per heavy atom. The van der Waals surface area contributed by atoms with Crippen molar-refractivity contribution in [2.24, 2.45) is 0 Å². The summed E-state index contributed by atoms with van der Waals surface area (Å²) in [7, 11) is 1.59. The zero-order valence-electron chi connectivity index (χ0n) is 12.5. The van der Waals surface area contributed by atoms with Gasteiger partial charge in [0.2, 0.25) is 0 Å². The molecular weight excluding hydrogens is 254 g/mol. The fourth-order valence-electron chi connectivity index (χ4n) is 2.47. The standard InChI is InChI=1S/C16H23NO3/c1-12(2)20-15-13(8-7-9-14(15)19-3)16(18)17-10-5-4-6-11-17/h7-9,12H,4-6,10-11H2,1-3H3. The number of benzene rings is 1. The average Bonchev–Trinajstić information content (AvgIpc) is 2.47. The van der Waals surface area contributed by atoms with Gasteiger partial charge in [-0.05, 0) is 45.2 Å². The molecule has 0 N–H and O–H groups in total. The third kappa shape index (κ3) is 3.24. The summed E-state index contributed by atoms with van der Waals surface area (Å²) in [5.74, 6) is 1.21. The van der Waals surface area contributed by atoms with Crippen molar-refractivity contribution in [3.05, 3.63) is 23.8 Å². The topological polar surface area (TPSA) is 38.8 Å². The summed E-state index contributed by atoms with van der Waals surface area (Å²) in [6.07, 6.45) is 3.36. The Balaban J connectivity index is 2.31. The van der Waals surface area contributed by atoms with Gasteiger partial charge >= 0.3 is 0 Å². The van der Waals surface area contributed by atoms with Gasteiger partial charge in [-0.1, -0.05) is 6.07 Å². The van der Waals surface area contributed by atoms with E-state index in [1.54, 1.807) is 7.11 Å². The van der Waals surface area contributed by atoms with Gasteiger partial charge in [-0.25, -0.2) is 0 Å². The number of methoxy groups -OCH3 is 1. The highest BCUT2D eigenvalue weighted by Crippen LogP contribution is 2.33. The minimum atomic E-state index is -0.000735. The number of nitrogens with zero attached hydrogens (tertiary/aromatic N) is 1. The minimum Gasteiger partial charge on any atom is -0.493 e. The molecular formula is C16H23NO3. The van der Waals surface area contributed by atoms with Gasteiger partial charge in [0.15, 0.2) is 11.5 Å². The van der Waals surface area contributed by atoms with Crippen molar-refractivity contribution in [1.82, 2.24) is 4.90 Å². The molecule has 0 unspecified atom stereocenters. The molecule has 0 atom stereocenters. The second-order valence-electron chi connectivity index (χ2n) is 5.36. The summed E-state index contributed by atoms with van der Waals surface area (Å²) in [4.78, 5) is 14.6. The van der Waals surface area contributed by atoms with Crippen molar-refractivity contribution in [2.75, 3.05) is 20.2 Å². The number of rotatable bonds is 4. The van der Waals surface area contributed by atoms with Gasteiger partial charge < -0.3 is 14.4 Å². The molecule has 0 bridgehead atoms. The first kappa shape index (κ1) is 14.7. The summed E-state index contributed by atoms with van der Waals surface area (Å²) in [5, 5.41) is 0. The maximum Gasteiger partial charge on any atom is 0.257 e. The molecule has 4 heteroatoms. The number of carbonyl (C=O) groups is 1. The lowest BCUT2D eigenvalue weighted by atomic mass is 10.1. The van der Waals surface area contributed by atoms with Gasteiger partial charge in [0.25, 0.3) is 5.91 Å². The number of hydrogen-bond acceptors (Lipinski definition) is 3. The molecule has 0 saturated carbocycles. The highest BCUT2D eigenvalue weighted by Gasteiger charge is 2.24. The predicted octanol–water partition coefficient (Wildman–Crippen LogP) is 3.11.